The molecule has 160 valence electrons. The molecule has 0 aliphatic carbocycles. The molecule has 1 aromatic heterocycles. The highest BCUT2D eigenvalue weighted by Crippen LogP contribution is 2.30. The average Bonchev–Trinajstić information content (AvgIpc) is 3.28. The van der Waals surface area contributed by atoms with Gasteiger partial charge in [0.1, 0.15) is 11.5 Å². The summed E-state index contributed by atoms with van der Waals surface area (Å²) in [5.41, 5.74) is 6.01. The Morgan fingerprint density at radius 2 is 1.93 bits per heavy atom. The molecule has 2 aromatic rings. The molecule has 3 rings (SSSR count). The normalized spacial score (nSPS) is 16.3. The van der Waals surface area contributed by atoms with Crippen LogP contribution in [0.3, 0.4) is 0 Å². The lowest BCUT2D eigenvalue weighted by Crippen LogP contribution is -2.30. The van der Waals surface area contributed by atoms with Crippen LogP contribution in [0.5, 0.6) is 5.75 Å². The molecule has 0 amide bonds. The molecule has 1 saturated heterocycles. The number of aryl methyl sites for hydroxylation is 1. The van der Waals surface area contributed by atoms with Gasteiger partial charge in [0, 0.05) is 0 Å². The van der Waals surface area contributed by atoms with E-state index in [1.165, 1.54) is 18.2 Å². The zero-order valence-electron chi connectivity index (χ0n) is 15.9. The highest BCUT2D eigenvalue weighted by Gasteiger charge is 2.32. The molecule has 1 aliphatic heterocycles. The zero-order chi connectivity index (χ0) is 20.1. The van der Waals surface area contributed by atoms with Crippen molar-refractivity contribution in [1.29, 1.82) is 0 Å². The van der Waals surface area contributed by atoms with Gasteiger partial charge in [-0.1, -0.05) is 12.1 Å². The van der Waals surface area contributed by atoms with Gasteiger partial charge in [-0.2, -0.15) is 0 Å². The lowest BCUT2D eigenvalue weighted by molar-refractivity contribution is -0.274. The number of nitrogens with two attached hydrogens (primary N) is 1. The molecule has 10 heteroatoms. The van der Waals surface area contributed by atoms with Crippen molar-refractivity contribution in [3.8, 4) is 5.75 Å². The smallest absolute Gasteiger partial charge is 0.465 e. The zero-order valence-corrected chi connectivity index (χ0v) is 18.2. The number of benzene rings is 1. The first-order chi connectivity index (χ1) is 13.3. The SMILES string of the molecule is Cc1ccc(C(CN=C(N)Nc2ccccc2OC(F)(F)F)N2CCCC2)o1.I. The Bertz CT molecular complexity index is 820. The van der Waals surface area contributed by atoms with Crippen LogP contribution < -0.4 is 15.8 Å². The van der Waals surface area contributed by atoms with Crippen molar-refractivity contribution >= 4 is 35.6 Å². The molecular formula is C19H24F3IN4O2. The second kappa shape index (κ2) is 10.2. The molecule has 29 heavy (non-hydrogen) atoms. The molecular weight excluding hydrogens is 500 g/mol. The monoisotopic (exact) mass is 524 g/mol. The van der Waals surface area contributed by atoms with Crippen molar-refractivity contribution in [2.45, 2.75) is 32.2 Å². The number of ether oxygens (including phenoxy) is 1. The van der Waals surface area contributed by atoms with Crippen LogP contribution in [0, 0.1) is 6.92 Å². The third-order valence-electron chi connectivity index (χ3n) is 4.48. The van der Waals surface area contributed by atoms with Crippen molar-refractivity contribution in [2.24, 2.45) is 10.7 Å². The largest absolute Gasteiger partial charge is 0.573 e. The van der Waals surface area contributed by atoms with E-state index in [1.807, 2.05) is 19.1 Å². The van der Waals surface area contributed by atoms with Gasteiger partial charge in [0.05, 0.1) is 18.3 Å². The maximum atomic E-state index is 12.5. The topological polar surface area (TPSA) is 76.0 Å². The molecule has 6 nitrogen and oxygen atoms in total. The molecule has 0 spiro atoms. The van der Waals surface area contributed by atoms with E-state index >= 15 is 0 Å². The number of para-hydroxylation sites is 2. The number of likely N-dealkylation sites (tertiary alicyclic amines) is 1. The van der Waals surface area contributed by atoms with Gasteiger partial charge >= 0.3 is 6.36 Å². The minimum atomic E-state index is -4.79. The van der Waals surface area contributed by atoms with Crippen molar-refractivity contribution in [2.75, 3.05) is 25.0 Å². The summed E-state index contributed by atoms with van der Waals surface area (Å²) in [6, 6.07) is 9.43. The Labute approximate surface area is 184 Å². The Morgan fingerprint density at radius 1 is 1.24 bits per heavy atom. The van der Waals surface area contributed by atoms with Gasteiger partial charge in [-0.3, -0.25) is 9.89 Å². The minimum Gasteiger partial charge on any atom is -0.465 e. The van der Waals surface area contributed by atoms with Crippen molar-refractivity contribution in [3.05, 3.63) is 47.9 Å². The van der Waals surface area contributed by atoms with E-state index in [-0.39, 0.29) is 47.4 Å². The predicted molar refractivity (Wildman–Crippen MR) is 116 cm³/mol. The molecule has 1 fully saturated rings. The first-order valence-corrected chi connectivity index (χ1v) is 9.04. The number of hydrogen-bond acceptors (Lipinski definition) is 4. The number of halogens is 4. The van der Waals surface area contributed by atoms with Crippen LogP contribution in [-0.2, 0) is 0 Å². The average molecular weight is 524 g/mol. The van der Waals surface area contributed by atoms with E-state index in [0.29, 0.717) is 6.54 Å². The fourth-order valence-electron chi connectivity index (χ4n) is 3.22. The number of nitrogens with zero attached hydrogens (tertiary/aromatic N) is 2. The van der Waals surface area contributed by atoms with E-state index < -0.39 is 6.36 Å². The van der Waals surface area contributed by atoms with Crippen LogP contribution in [0.2, 0.25) is 0 Å². The second-order valence-corrected chi connectivity index (χ2v) is 6.60. The molecule has 1 unspecified atom stereocenters. The Morgan fingerprint density at radius 3 is 2.55 bits per heavy atom. The van der Waals surface area contributed by atoms with Gasteiger partial charge in [0.2, 0.25) is 0 Å². The molecule has 0 bridgehead atoms. The first kappa shape index (κ1) is 23.3. The number of nitrogens with one attached hydrogen (secondary N) is 1. The molecule has 2 heterocycles. The number of alkyl halides is 3. The van der Waals surface area contributed by atoms with Crippen LogP contribution in [0.1, 0.15) is 30.4 Å². The molecule has 1 aromatic carbocycles. The Balaban J connectivity index is 0.00000300. The highest BCUT2D eigenvalue weighted by molar-refractivity contribution is 14.0. The summed E-state index contributed by atoms with van der Waals surface area (Å²) in [5.74, 6) is 1.25. The van der Waals surface area contributed by atoms with Crippen LogP contribution in [0.25, 0.3) is 0 Å². The first-order valence-electron chi connectivity index (χ1n) is 9.04. The van der Waals surface area contributed by atoms with Crippen LogP contribution in [-0.4, -0.2) is 36.9 Å². The van der Waals surface area contributed by atoms with Gasteiger partial charge in [-0.15, -0.1) is 37.1 Å². The minimum absolute atomic E-state index is 0. The Kier molecular flexibility index (Phi) is 8.20. The maximum absolute atomic E-state index is 12.5. The van der Waals surface area contributed by atoms with Crippen LogP contribution >= 0.6 is 24.0 Å². The second-order valence-electron chi connectivity index (χ2n) is 6.60. The summed E-state index contributed by atoms with van der Waals surface area (Å²) in [4.78, 5) is 6.61. The Hall–Kier alpha value is -1.95. The summed E-state index contributed by atoms with van der Waals surface area (Å²) >= 11 is 0. The van der Waals surface area contributed by atoms with E-state index in [9.17, 15) is 13.2 Å². The van der Waals surface area contributed by atoms with E-state index in [0.717, 1.165) is 37.5 Å². The highest BCUT2D eigenvalue weighted by atomic mass is 127. The van der Waals surface area contributed by atoms with E-state index in [1.54, 1.807) is 6.07 Å². The third kappa shape index (κ3) is 6.81. The van der Waals surface area contributed by atoms with Gasteiger partial charge in [0.15, 0.2) is 11.7 Å². The fraction of sp³-hybridized carbons (Fsp3) is 0.421. The molecule has 1 atom stereocenters. The van der Waals surface area contributed by atoms with Gasteiger partial charge < -0.3 is 20.2 Å². The number of aliphatic imine (C=N–C) groups is 1. The number of anilines is 1. The van der Waals surface area contributed by atoms with Crippen molar-refractivity contribution < 1.29 is 22.3 Å². The summed E-state index contributed by atoms with van der Waals surface area (Å²) in [6.07, 6.45) is -2.58. The lowest BCUT2D eigenvalue weighted by Gasteiger charge is -2.24. The summed E-state index contributed by atoms with van der Waals surface area (Å²) in [6.45, 7) is 4.08. The standard InChI is InChI=1S/C19H23F3N4O2.HI/c1-13-8-9-17(27-13)15(26-10-4-5-11-26)12-24-18(23)25-14-6-2-3-7-16(14)28-19(20,21)22;/h2-3,6-9,15H,4-5,10-12H2,1H3,(H3,23,24,25);1H. The molecule has 0 radical (unpaired) electrons. The summed E-state index contributed by atoms with van der Waals surface area (Å²) in [7, 11) is 0. The molecule has 3 N–H and O–H groups in total. The van der Waals surface area contributed by atoms with Crippen molar-refractivity contribution in [1.82, 2.24) is 4.90 Å². The van der Waals surface area contributed by atoms with Gasteiger partial charge in [0.25, 0.3) is 0 Å². The van der Waals surface area contributed by atoms with Gasteiger partial charge in [-0.25, -0.2) is 0 Å². The number of rotatable bonds is 6. The molecule has 0 saturated carbocycles. The number of guanidine groups is 1. The van der Waals surface area contributed by atoms with E-state index in [2.05, 4.69) is 19.9 Å². The molecule has 1 aliphatic rings. The van der Waals surface area contributed by atoms with Crippen LogP contribution in [0.15, 0.2) is 45.8 Å². The maximum Gasteiger partial charge on any atom is 0.573 e. The lowest BCUT2D eigenvalue weighted by atomic mass is 10.2. The predicted octanol–water partition coefficient (Wildman–Crippen LogP) is 4.67. The van der Waals surface area contributed by atoms with E-state index in [4.69, 9.17) is 10.2 Å². The van der Waals surface area contributed by atoms with Gasteiger partial charge in [-0.05, 0) is 57.1 Å². The van der Waals surface area contributed by atoms with Crippen LogP contribution in [0.4, 0.5) is 18.9 Å². The number of furan rings is 1. The number of hydrogen-bond donors (Lipinski definition) is 2. The third-order valence-corrected chi connectivity index (χ3v) is 4.48. The fourth-order valence-corrected chi connectivity index (χ4v) is 3.22. The quantitative estimate of drug-likeness (QED) is 0.327. The summed E-state index contributed by atoms with van der Waals surface area (Å²) < 4.78 is 47.4. The summed E-state index contributed by atoms with van der Waals surface area (Å²) in [5, 5.41) is 2.69. The van der Waals surface area contributed by atoms with Crippen molar-refractivity contribution in [3.63, 3.8) is 0 Å².